The summed E-state index contributed by atoms with van der Waals surface area (Å²) in [4.78, 5) is 24.7. The van der Waals surface area contributed by atoms with Crippen molar-refractivity contribution in [3.8, 4) is 0 Å². The van der Waals surface area contributed by atoms with E-state index in [9.17, 15) is 14.0 Å². The fourth-order valence-corrected chi connectivity index (χ4v) is 2.92. The number of benzene rings is 2. The molecule has 0 saturated carbocycles. The third-order valence-electron chi connectivity index (χ3n) is 3.74. The molecular formula is C17H13BrFNO3. The predicted octanol–water partition coefficient (Wildman–Crippen LogP) is 3.70. The number of amides is 1. The highest BCUT2D eigenvalue weighted by molar-refractivity contribution is 9.10. The van der Waals surface area contributed by atoms with Crippen LogP contribution in [0.3, 0.4) is 0 Å². The van der Waals surface area contributed by atoms with Crippen molar-refractivity contribution < 1.29 is 18.7 Å². The fraction of sp³-hybridized carbons (Fsp3) is 0.176. The summed E-state index contributed by atoms with van der Waals surface area (Å²) in [6, 6.07) is 11.0. The van der Waals surface area contributed by atoms with Crippen LogP contribution in [0.1, 0.15) is 22.8 Å². The summed E-state index contributed by atoms with van der Waals surface area (Å²) < 4.78 is 19.8. The largest absolute Gasteiger partial charge is 0.445 e. The van der Waals surface area contributed by atoms with E-state index in [1.54, 1.807) is 24.3 Å². The third kappa shape index (κ3) is 2.99. The Kier molecular flexibility index (Phi) is 3.93. The molecule has 1 N–H and O–H groups in total. The number of ether oxygens (including phenoxy) is 1. The van der Waals surface area contributed by atoms with Gasteiger partial charge in [-0.25, -0.2) is 9.18 Å². The van der Waals surface area contributed by atoms with Gasteiger partial charge >= 0.3 is 5.97 Å². The number of carbonyl (C=O) groups excluding carboxylic acids is 2. The minimum Gasteiger partial charge on any atom is -0.445 e. The van der Waals surface area contributed by atoms with Crippen LogP contribution in [0.25, 0.3) is 0 Å². The Hall–Kier alpha value is -2.21. The number of cyclic esters (lactones) is 1. The van der Waals surface area contributed by atoms with Crippen molar-refractivity contribution in [3.63, 3.8) is 0 Å². The Morgan fingerprint density at radius 3 is 2.78 bits per heavy atom. The molecule has 1 atom stereocenters. The molecule has 0 fully saturated rings. The molecule has 0 bridgehead atoms. The molecule has 6 heteroatoms. The van der Waals surface area contributed by atoms with Crippen molar-refractivity contribution in [2.24, 2.45) is 0 Å². The van der Waals surface area contributed by atoms with Gasteiger partial charge < -0.3 is 10.1 Å². The van der Waals surface area contributed by atoms with E-state index >= 15 is 0 Å². The zero-order chi connectivity index (χ0) is 16.6. The molecule has 0 radical (unpaired) electrons. The van der Waals surface area contributed by atoms with Crippen molar-refractivity contribution in [3.05, 3.63) is 63.9 Å². The minimum atomic E-state index is -1.40. The second-order valence-electron chi connectivity index (χ2n) is 5.53. The number of fused-ring (bicyclic) bond motifs is 1. The molecule has 1 amide bonds. The standard InChI is InChI=1S/C17H13BrFNO3/c1-17(16(22)20-14-5-3-2-4-13(14)19)9-10-8-11(18)6-7-12(10)15(21)23-17/h2-8H,9H2,1H3,(H,20,22). The number of rotatable bonds is 2. The Morgan fingerprint density at radius 2 is 2.04 bits per heavy atom. The molecule has 1 aliphatic rings. The maximum absolute atomic E-state index is 13.7. The number of anilines is 1. The molecule has 1 aliphatic heterocycles. The summed E-state index contributed by atoms with van der Waals surface area (Å²) >= 11 is 3.35. The van der Waals surface area contributed by atoms with Crippen LogP contribution < -0.4 is 5.32 Å². The number of halogens is 2. The Labute approximate surface area is 140 Å². The second-order valence-corrected chi connectivity index (χ2v) is 6.45. The molecule has 0 aliphatic carbocycles. The number of carbonyl (C=O) groups is 2. The van der Waals surface area contributed by atoms with E-state index in [0.717, 1.165) is 4.47 Å². The lowest BCUT2D eigenvalue weighted by Gasteiger charge is -2.33. The van der Waals surface area contributed by atoms with Crippen molar-refractivity contribution in [1.29, 1.82) is 0 Å². The molecule has 0 saturated heterocycles. The van der Waals surface area contributed by atoms with Gasteiger partial charge in [0, 0.05) is 10.9 Å². The summed E-state index contributed by atoms with van der Waals surface area (Å²) in [7, 11) is 0. The lowest BCUT2D eigenvalue weighted by Crippen LogP contribution is -2.49. The molecule has 3 rings (SSSR count). The van der Waals surface area contributed by atoms with E-state index in [0.29, 0.717) is 11.1 Å². The average molecular weight is 378 g/mol. The van der Waals surface area contributed by atoms with Gasteiger partial charge in [-0.1, -0.05) is 28.1 Å². The molecule has 0 spiro atoms. The van der Waals surface area contributed by atoms with Crippen LogP contribution in [0.15, 0.2) is 46.9 Å². The van der Waals surface area contributed by atoms with Crippen molar-refractivity contribution in [2.75, 3.05) is 5.32 Å². The maximum Gasteiger partial charge on any atom is 0.339 e. The fourth-order valence-electron chi connectivity index (χ4n) is 2.51. The SMILES string of the molecule is CC1(C(=O)Nc2ccccc2F)Cc2cc(Br)ccc2C(=O)O1. The highest BCUT2D eigenvalue weighted by atomic mass is 79.9. The zero-order valence-electron chi connectivity index (χ0n) is 12.2. The van der Waals surface area contributed by atoms with Crippen molar-refractivity contribution in [2.45, 2.75) is 18.9 Å². The predicted molar refractivity (Wildman–Crippen MR) is 86.7 cm³/mol. The summed E-state index contributed by atoms with van der Waals surface area (Å²) in [6.45, 7) is 1.52. The van der Waals surface area contributed by atoms with E-state index in [1.807, 2.05) is 0 Å². The van der Waals surface area contributed by atoms with E-state index in [-0.39, 0.29) is 12.1 Å². The van der Waals surface area contributed by atoms with E-state index in [4.69, 9.17) is 4.74 Å². The zero-order valence-corrected chi connectivity index (χ0v) is 13.8. The summed E-state index contributed by atoms with van der Waals surface area (Å²) in [5.41, 5.74) is -0.200. The number of esters is 1. The van der Waals surface area contributed by atoms with E-state index < -0.39 is 23.3 Å². The van der Waals surface area contributed by atoms with Gasteiger partial charge in [-0.3, -0.25) is 4.79 Å². The van der Waals surface area contributed by atoms with Gasteiger partial charge in [0.15, 0.2) is 5.60 Å². The lowest BCUT2D eigenvalue weighted by atomic mass is 9.89. The van der Waals surface area contributed by atoms with Gasteiger partial charge in [0.1, 0.15) is 5.82 Å². The third-order valence-corrected chi connectivity index (χ3v) is 4.23. The van der Waals surface area contributed by atoms with Crippen LogP contribution in [0.2, 0.25) is 0 Å². The van der Waals surface area contributed by atoms with Gasteiger partial charge in [-0.2, -0.15) is 0 Å². The van der Waals surface area contributed by atoms with Crippen LogP contribution in [-0.2, 0) is 16.0 Å². The number of nitrogens with one attached hydrogen (secondary N) is 1. The average Bonchev–Trinajstić information content (AvgIpc) is 2.48. The van der Waals surface area contributed by atoms with Crippen LogP contribution in [0.5, 0.6) is 0 Å². The number of para-hydroxylation sites is 1. The molecule has 118 valence electrons. The summed E-state index contributed by atoms with van der Waals surface area (Å²) in [6.07, 6.45) is 0.216. The summed E-state index contributed by atoms with van der Waals surface area (Å²) in [5.74, 6) is -1.68. The highest BCUT2D eigenvalue weighted by Gasteiger charge is 2.43. The van der Waals surface area contributed by atoms with Crippen LogP contribution in [0, 0.1) is 5.82 Å². The minimum absolute atomic E-state index is 0.0508. The van der Waals surface area contributed by atoms with Gasteiger partial charge in [-0.15, -0.1) is 0 Å². The van der Waals surface area contributed by atoms with E-state index in [1.165, 1.54) is 25.1 Å². The molecule has 1 heterocycles. The molecular weight excluding hydrogens is 365 g/mol. The van der Waals surface area contributed by atoms with Gasteiger partial charge in [0.2, 0.25) is 0 Å². The first-order chi connectivity index (χ1) is 10.9. The topological polar surface area (TPSA) is 55.4 Å². The van der Waals surface area contributed by atoms with Crippen molar-refractivity contribution >= 4 is 33.5 Å². The Morgan fingerprint density at radius 1 is 1.30 bits per heavy atom. The lowest BCUT2D eigenvalue weighted by molar-refractivity contribution is -0.134. The number of hydrogen-bond acceptors (Lipinski definition) is 3. The molecule has 0 aromatic heterocycles. The van der Waals surface area contributed by atoms with Gasteiger partial charge in [0.05, 0.1) is 11.3 Å². The number of hydrogen-bond donors (Lipinski definition) is 1. The Balaban J connectivity index is 1.89. The first-order valence-corrected chi connectivity index (χ1v) is 7.76. The molecule has 1 unspecified atom stereocenters. The first kappa shape index (κ1) is 15.7. The van der Waals surface area contributed by atoms with E-state index in [2.05, 4.69) is 21.2 Å². The molecule has 2 aromatic rings. The monoisotopic (exact) mass is 377 g/mol. The highest BCUT2D eigenvalue weighted by Crippen LogP contribution is 2.31. The van der Waals surface area contributed by atoms with Gasteiger partial charge in [-0.05, 0) is 42.8 Å². The smallest absolute Gasteiger partial charge is 0.339 e. The quantitative estimate of drug-likeness (QED) is 0.811. The summed E-state index contributed by atoms with van der Waals surface area (Å²) in [5, 5.41) is 2.48. The molecule has 2 aromatic carbocycles. The first-order valence-electron chi connectivity index (χ1n) is 6.97. The molecule has 23 heavy (non-hydrogen) atoms. The normalized spacial score (nSPS) is 19.7. The van der Waals surface area contributed by atoms with Gasteiger partial charge in [0.25, 0.3) is 5.91 Å². The van der Waals surface area contributed by atoms with Crippen LogP contribution in [0.4, 0.5) is 10.1 Å². The molecule has 4 nitrogen and oxygen atoms in total. The van der Waals surface area contributed by atoms with Crippen molar-refractivity contribution in [1.82, 2.24) is 0 Å². The second kappa shape index (κ2) is 5.77. The van der Waals surface area contributed by atoms with Crippen LogP contribution in [-0.4, -0.2) is 17.5 Å². The maximum atomic E-state index is 13.7. The Bertz CT molecular complexity index is 808. The van der Waals surface area contributed by atoms with Crippen LogP contribution >= 0.6 is 15.9 Å².